The van der Waals surface area contributed by atoms with E-state index in [9.17, 15) is 10.2 Å². The van der Waals surface area contributed by atoms with Crippen LogP contribution in [0.5, 0.6) is 0 Å². The minimum atomic E-state index is -0.508. The highest BCUT2D eigenvalue weighted by molar-refractivity contribution is 5.14. The Bertz CT molecular complexity index is 212. The molecule has 2 fully saturated rings. The third kappa shape index (κ3) is 0.647. The molecule has 2 aliphatic carbocycles. The molecular formula is C10H18O2. The zero-order chi connectivity index (χ0) is 9.15. The van der Waals surface area contributed by atoms with Crippen LogP contribution in [0.4, 0.5) is 0 Å². The summed E-state index contributed by atoms with van der Waals surface area (Å²) in [6.45, 7) is 6.45. The smallest absolute Gasteiger partial charge is 0.0860 e. The molecule has 4 atom stereocenters. The van der Waals surface area contributed by atoms with Gasteiger partial charge in [0.05, 0.1) is 12.2 Å². The summed E-state index contributed by atoms with van der Waals surface area (Å²) in [6.07, 6.45) is 1.13. The minimum Gasteiger partial charge on any atom is -0.390 e. The summed E-state index contributed by atoms with van der Waals surface area (Å²) in [6, 6.07) is 0. The van der Waals surface area contributed by atoms with Gasteiger partial charge in [0.15, 0.2) is 0 Å². The Labute approximate surface area is 73.6 Å². The SMILES string of the molecule is CC1(C)[C@H]2CC[C@@]1(C)[C@@H](O)[C@H]2O. The Morgan fingerprint density at radius 3 is 2.00 bits per heavy atom. The fraction of sp³-hybridized carbons (Fsp3) is 1.00. The fourth-order valence-electron chi connectivity index (χ4n) is 3.29. The van der Waals surface area contributed by atoms with Crippen LogP contribution in [0.1, 0.15) is 33.6 Å². The molecule has 0 aromatic rings. The summed E-state index contributed by atoms with van der Waals surface area (Å²) in [5.41, 5.74) is 0.0446. The van der Waals surface area contributed by atoms with Crippen molar-refractivity contribution in [2.75, 3.05) is 0 Å². The fourth-order valence-corrected chi connectivity index (χ4v) is 3.29. The molecule has 70 valence electrons. The Morgan fingerprint density at radius 2 is 1.75 bits per heavy atom. The molecule has 2 saturated carbocycles. The zero-order valence-corrected chi connectivity index (χ0v) is 8.04. The molecule has 0 heterocycles. The Balaban J connectivity index is 2.44. The highest BCUT2D eigenvalue weighted by Crippen LogP contribution is 2.65. The third-order valence-corrected chi connectivity index (χ3v) is 4.76. The van der Waals surface area contributed by atoms with Gasteiger partial charge in [-0.1, -0.05) is 20.8 Å². The molecule has 0 radical (unpaired) electrons. The van der Waals surface area contributed by atoms with E-state index in [4.69, 9.17) is 0 Å². The lowest BCUT2D eigenvalue weighted by Gasteiger charge is -2.36. The molecule has 0 aromatic carbocycles. The summed E-state index contributed by atoms with van der Waals surface area (Å²) < 4.78 is 0. The van der Waals surface area contributed by atoms with Gasteiger partial charge >= 0.3 is 0 Å². The number of hydrogen-bond donors (Lipinski definition) is 2. The standard InChI is InChI=1S/C10H18O2/c1-9(2)6-4-5-10(9,3)8(12)7(6)11/h6-8,11-12H,4-5H2,1-3H3/t6-,7-,8-,10-/m0/s1. The first-order valence-corrected chi connectivity index (χ1v) is 4.77. The first kappa shape index (κ1) is 8.52. The molecule has 2 N–H and O–H groups in total. The molecule has 2 heteroatoms. The third-order valence-electron chi connectivity index (χ3n) is 4.76. The van der Waals surface area contributed by atoms with Crippen molar-refractivity contribution in [1.82, 2.24) is 0 Å². The van der Waals surface area contributed by atoms with Gasteiger partial charge in [0, 0.05) is 5.41 Å². The Morgan fingerprint density at radius 1 is 1.17 bits per heavy atom. The van der Waals surface area contributed by atoms with Gasteiger partial charge in [0.1, 0.15) is 0 Å². The maximum Gasteiger partial charge on any atom is 0.0860 e. The largest absolute Gasteiger partial charge is 0.390 e. The summed E-state index contributed by atoms with van der Waals surface area (Å²) in [5.74, 6) is 0.303. The van der Waals surface area contributed by atoms with E-state index >= 15 is 0 Å². The van der Waals surface area contributed by atoms with Gasteiger partial charge in [-0.25, -0.2) is 0 Å². The molecule has 2 bridgehead atoms. The van der Waals surface area contributed by atoms with Gasteiger partial charge in [-0.3, -0.25) is 0 Å². The quantitative estimate of drug-likeness (QED) is 0.573. The van der Waals surface area contributed by atoms with E-state index in [1.54, 1.807) is 0 Å². The van der Waals surface area contributed by atoms with Crippen LogP contribution >= 0.6 is 0 Å². The average molecular weight is 170 g/mol. The normalized spacial score (nSPS) is 56.2. The van der Waals surface area contributed by atoms with Crippen LogP contribution in [0.2, 0.25) is 0 Å². The van der Waals surface area contributed by atoms with E-state index in [0.29, 0.717) is 5.92 Å². The van der Waals surface area contributed by atoms with Crippen LogP contribution in [-0.2, 0) is 0 Å². The van der Waals surface area contributed by atoms with Crippen molar-refractivity contribution in [2.45, 2.75) is 45.8 Å². The van der Waals surface area contributed by atoms with Gasteiger partial charge in [0.25, 0.3) is 0 Å². The number of rotatable bonds is 0. The van der Waals surface area contributed by atoms with Gasteiger partial charge < -0.3 is 10.2 Å². The summed E-state index contributed by atoms with van der Waals surface area (Å²) in [5, 5.41) is 19.6. The molecule has 0 aliphatic heterocycles. The maximum absolute atomic E-state index is 9.83. The monoisotopic (exact) mass is 170 g/mol. The van der Waals surface area contributed by atoms with Crippen molar-refractivity contribution in [3.05, 3.63) is 0 Å². The molecule has 2 rings (SSSR count). The Kier molecular flexibility index (Phi) is 1.45. The summed E-state index contributed by atoms with van der Waals surface area (Å²) >= 11 is 0. The average Bonchev–Trinajstić information content (AvgIpc) is 2.26. The summed E-state index contributed by atoms with van der Waals surface area (Å²) in [7, 11) is 0. The molecule has 0 unspecified atom stereocenters. The maximum atomic E-state index is 9.83. The number of hydrogen-bond acceptors (Lipinski definition) is 2. The number of fused-ring (bicyclic) bond motifs is 2. The van der Waals surface area contributed by atoms with Crippen LogP contribution < -0.4 is 0 Å². The molecule has 2 nitrogen and oxygen atoms in total. The molecule has 0 aromatic heterocycles. The first-order valence-electron chi connectivity index (χ1n) is 4.77. The van der Waals surface area contributed by atoms with E-state index in [2.05, 4.69) is 20.8 Å². The number of aliphatic hydroxyl groups excluding tert-OH is 2. The predicted octanol–water partition coefficient (Wildman–Crippen LogP) is 1.16. The second-order valence-corrected chi connectivity index (χ2v) is 5.22. The van der Waals surface area contributed by atoms with E-state index in [0.717, 1.165) is 12.8 Å². The van der Waals surface area contributed by atoms with Gasteiger partial charge in [-0.2, -0.15) is 0 Å². The van der Waals surface area contributed by atoms with E-state index in [-0.39, 0.29) is 10.8 Å². The predicted molar refractivity (Wildman–Crippen MR) is 46.6 cm³/mol. The van der Waals surface area contributed by atoms with Crippen molar-refractivity contribution in [1.29, 1.82) is 0 Å². The van der Waals surface area contributed by atoms with Gasteiger partial charge in [-0.05, 0) is 24.2 Å². The van der Waals surface area contributed by atoms with Crippen molar-refractivity contribution in [3.63, 3.8) is 0 Å². The minimum absolute atomic E-state index is 0.0584. The lowest BCUT2D eigenvalue weighted by Crippen LogP contribution is -2.39. The van der Waals surface area contributed by atoms with Gasteiger partial charge in [-0.15, -0.1) is 0 Å². The summed E-state index contributed by atoms with van der Waals surface area (Å²) in [4.78, 5) is 0. The van der Waals surface area contributed by atoms with E-state index < -0.39 is 12.2 Å². The topological polar surface area (TPSA) is 40.5 Å². The second-order valence-electron chi connectivity index (χ2n) is 5.22. The molecule has 2 aliphatic rings. The van der Waals surface area contributed by atoms with Crippen molar-refractivity contribution in [3.8, 4) is 0 Å². The molecule has 12 heavy (non-hydrogen) atoms. The zero-order valence-electron chi connectivity index (χ0n) is 8.04. The Hall–Kier alpha value is -0.0800. The van der Waals surface area contributed by atoms with E-state index in [1.165, 1.54) is 0 Å². The second kappa shape index (κ2) is 2.05. The van der Waals surface area contributed by atoms with Crippen LogP contribution in [0.15, 0.2) is 0 Å². The molecule has 0 amide bonds. The lowest BCUT2D eigenvalue weighted by molar-refractivity contribution is -0.0508. The molecular weight excluding hydrogens is 152 g/mol. The highest BCUT2D eigenvalue weighted by atomic mass is 16.3. The van der Waals surface area contributed by atoms with Crippen LogP contribution in [0.3, 0.4) is 0 Å². The van der Waals surface area contributed by atoms with Crippen LogP contribution in [0.25, 0.3) is 0 Å². The van der Waals surface area contributed by atoms with Gasteiger partial charge in [0.2, 0.25) is 0 Å². The highest BCUT2D eigenvalue weighted by Gasteiger charge is 2.65. The first-order chi connectivity index (χ1) is 5.41. The van der Waals surface area contributed by atoms with Crippen molar-refractivity contribution in [2.24, 2.45) is 16.7 Å². The van der Waals surface area contributed by atoms with Crippen molar-refractivity contribution < 1.29 is 10.2 Å². The lowest BCUT2D eigenvalue weighted by atomic mass is 9.70. The molecule has 0 spiro atoms. The molecule has 0 saturated heterocycles. The van der Waals surface area contributed by atoms with Crippen molar-refractivity contribution >= 4 is 0 Å². The van der Waals surface area contributed by atoms with Crippen LogP contribution in [-0.4, -0.2) is 22.4 Å². The van der Waals surface area contributed by atoms with Crippen LogP contribution in [0, 0.1) is 16.7 Å². The van der Waals surface area contributed by atoms with E-state index in [1.807, 2.05) is 0 Å². The number of aliphatic hydroxyl groups is 2.